The predicted molar refractivity (Wildman–Crippen MR) is 79.9 cm³/mol. The Morgan fingerprint density at radius 3 is 2.82 bits per heavy atom. The Labute approximate surface area is 129 Å². The first-order chi connectivity index (χ1) is 10.6. The monoisotopic (exact) mass is 307 g/mol. The van der Waals surface area contributed by atoms with Gasteiger partial charge < -0.3 is 23.8 Å². The van der Waals surface area contributed by atoms with Crippen molar-refractivity contribution in [1.29, 1.82) is 0 Å². The average molecular weight is 307 g/mol. The number of carbonyl (C=O) groups is 1. The fourth-order valence-corrected chi connectivity index (χ4v) is 2.75. The van der Waals surface area contributed by atoms with Gasteiger partial charge in [0.15, 0.2) is 11.5 Å². The number of ether oxygens (including phenoxy) is 4. The highest BCUT2D eigenvalue weighted by atomic mass is 16.6. The molecule has 3 rings (SSSR count). The molecule has 22 heavy (non-hydrogen) atoms. The zero-order valence-corrected chi connectivity index (χ0v) is 13.1. The van der Waals surface area contributed by atoms with E-state index in [2.05, 4.69) is 0 Å². The minimum atomic E-state index is -0.0436. The minimum absolute atomic E-state index is 0.0410. The summed E-state index contributed by atoms with van der Waals surface area (Å²) >= 11 is 0. The van der Waals surface area contributed by atoms with Gasteiger partial charge in [-0.2, -0.15) is 0 Å². The number of amides is 1. The lowest BCUT2D eigenvalue weighted by Gasteiger charge is -2.37. The van der Waals surface area contributed by atoms with Crippen LogP contribution in [0.25, 0.3) is 0 Å². The molecule has 1 aromatic carbocycles. The van der Waals surface area contributed by atoms with Gasteiger partial charge in [-0.3, -0.25) is 4.79 Å². The summed E-state index contributed by atoms with van der Waals surface area (Å²) in [6.45, 7) is 6.04. The standard InChI is InChI=1S/C16H21NO5/c1-10-9-22-11(2)8-17(10)16(18)12-6-13(19-3)15-14(7-12)20-4-5-21-15/h6-7,10-11H,4-5,8-9H2,1-3H3/t10-,11+/m0/s1. The second kappa shape index (κ2) is 6.04. The molecule has 2 heterocycles. The molecule has 0 radical (unpaired) electrons. The van der Waals surface area contributed by atoms with Crippen LogP contribution in [0.3, 0.4) is 0 Å². The van der Waals surface area contributed by atoms with Crippen molar-refractivity contribution in [3.63, 3.8) is 0 Å². The van der Waals surface area contributed by atoms with Crippen LogP contribution in [0.4, 0.5) is 0 Å². The Kier molecular flexibility index (Phi) is 4.11. The van der Waals surface area contributed by atoms with E-state index in [1.807, 2.05) is 18.7 Å². The van der Waals surface area contributed by atoms with Crippen molar-refractivity contribution < 1.29 is 23.7 Å². The number of morpholine rings is 1. The third-order valence-corrected chi connectivity index (χ3v) is 3.94. The highest BCUT2D eigenvalue weighted by Crippen LogP contribution is 2.40. The molecule has 0 spiro atoms. The van der Waals surface area contributed by atoms with Gasteiger partial charge in [-0.05, 0) is 26.0 Å². The van der Waals surface area contributed by atoms with Gasteiger partial charge in [0.25, 0.3) is 5.91 Å². The van der Waals surface area contributed by atoms with Crippen LogP contribution in [0.15, 0.2) is 12.1 Å². The summed E-state index contributed by atoms with van der Waals surface area (Å²) < 4.78 is 22.1. The van der Waals surface area contributed by atoms with E-state index in [4.69, 9.17) is 18.9 Å². The smallest absolute Gasteiger partial charge is 0.254 e. The summed E-state index contributed by atoms with van der Waals surface area (Å²) in [6, 6.07) is 3.48. The molecule has 1 aromatic rings. The van der Waals surface area contributed by atoms with E-state index >= 15 is 0 Å². The molecule has 0 aliphatic carbocycles. The molecule has 0 bridgehead atoms. The van der Waals surface area contributed by atoms with E-state index in [-0.39, 0.29) is 18.1 Å². The van der Waals surface area contributed by atoms with E-state index in [0.717, 1.165) is 0 Å². The Bertz CT molecular complexity index is 557. The molecule has 120 valence electrons. The van der Waals surface area contributed by atoms with Crippen LogP contribution in [0.2, 0.25) is 0 Å². The van der Waals surface area contributed by atoms with Crippen LogP contribution in [-0.2, 0) is 4.74 Å². The largest absolute Gasteiger partial charge is 0.493 e. The molecule has 1 fully saturated rings. The summed E-state index contributed by atoms with van der Waals surface area (Å²) in [5, 5.41) is 0. The molecule has 2 aliphatic rings. The minimum Gasteiger partial charge on any atom is -0.493 e. The maximum Gasteiger partial charge on any atom is 0.254 e. The van der Waals surface area contributed by atoms with E-state index in [9.17, 15) is 4.79 Å². The molecule has 6 nitrogen and oxygen atoms in total. The Hall–Kier alpha value is -1.95. The van der Waals surface area contributed by atoms with Crippen molar-refractivity contribution in [2.45, 2.75) is 26.0 Å². The van der Waals surface area contributed by atoms with Crippen LogP contribution in [0, 0.1) is 0 Å². The first-order valence-corrected chi connectivity index (χ1v) is 7.50. The van der Waals surface area contributed by atoms with Crippen LogP contribution in [-0.4, -0.2) is 56.4 Å². The van der Waals surface area contributed by atoms with Crippen LogP contribution in [0.5, 0.6) is 17.2 Å². The summed E-state index contributed by atoms with van der Waals surface area (Å²) in [4.78, 5) is 14.7. The summed E-state index contributed by atoms with van der Waals surface area (Å²) in [7, 11) is 1.56. The Morgan fingerprint density at radius 1 is 1.27 bits per heavy atom. The molecule has 1 saturated heterocycles. The van der Waals surface area contributed by atoms with E-state index in [0.29, 0.717) is 49.2 Å². The van der Waals surface area contributed by atoms with Gasteiger partial charge in [-0.25, -0.2) is 0 Å². The number of hydrogen-bond donors (Lipinski definition) is 0. The molecule has 1 amide bonds. The topological polar surface area (TPSA) is 57.2 Å². The number of rotatable bonds is 2. The van der Waals surface area contributed by atoms with Gasteiger partial charge in [-0.1, -0.05) is 0 Å². The van der Waals surface area contributed by atoms with Crippen molar-refractivity contribution in [3.05, 3.63) is 17.7 Å². The summed E-state index contributed by atoms with van der Waals surface area (Å²) in [5.74, 6) is 1.60. The van der Waals surface area contributed by atoms with Gasteiger partial charge in [0.2, 0.25) is 5.75 Å². The molecule has 0 aromatic heterocycles. The molecule has 6 heteroatoms. The zero-order valence-electron chi connectivity index (χ0n) is 13.1. The van der Waals surface area contributed by atoms with Gasteiger partial charge in [0, 0.05) is 12.1 Å². The molecular formula is C16H21NO5. The third kappa shape index (κ3) is 2.70. The molecular weight excluding hydrogens is 286 g/mol. The second-order valence-electron chi connectivity index (χ2n) is 5.65. The molecule has 0 saturated carbocycles. The summed E-state index contributed by atoms with van der Waals surface area (Å²) in [5.41, 5.74) is 0.544. The van der Waals surface area contributed by atoms with Crippen LogP contribution in [0.1, 0.15) is 24.2 Å². The normalized spacial score (nSPS) is 24.0. The van der Waals surface area contributed by atoms with Crippen molar-refractivity contribution in [2.75, 3.05) is 33.5 Å². The summed E-state index contributed by atoms with van der Waals surface area (Å²) in [6.07, 6.45) is 0.0410. The van der Waals surface area contributed by atoms with Crippen molar-refractivity contribution >= 4 is 5.91 Å². The molecule has 2 aliphatic heterocycles. The quantitative estimate of drug-likeness (QED) is 0.832. The van der Waals surface area contributed by atoms with Gasteiger partial charge >= 0.3 is 0 Å². The average Bonchev–Trinajstić information content (AvgIpc) is 2.55. The SMILES string of the molecule is COc1cc(C(=O)N2C[C@@H](C)OC[C@@H]2C)cc2c1OCCO2. The van der Waals surface area contributed by atoms with Gasteiger partial charge in [0.1, 0.15) is 13.2 Å². The third-order valence-electron chi connectivity index (χ3n) is 3.94. The number of benzene rings is 1. The highest BCUT2D eigenvalue weighted by Gasteiger charge is 2.30. The molecule has 0 unspecified atom stereocenters. The van der Waals surface area contributed by atoms with Crippen molar-refractivity contribution in [2.24, 2.45) is 0 Å². The highest BCUT2D eigenvalue weighted by molar-refractivity contribution is 5.96. The first-order valence-electron chi connectivity index (χ1n) is 7.50. The van der Waals surface area contributed by atoms with Crippen molar-refractivity contribution in [3.8, 4) is 17.2 Å². The lowest BCUT2D eigenvalue weighted by molar-refractivity contribution is -0.0387. The fourth-order valence-electron chi connectivity index (χ4n) is 2.75. The second-order valence-corrected chi connectivity index (χ2v) is 5.65. The number of carbonyl (C=O) groups excluding carboxylic acids is 1. The van der Waals surface area contributed by atoms with Crippen LogP contribution >= 0.6 is 0 Å². The maximum atomic E-state index is 12.8. The number of hydrogen-bond acceptors (Lipinski definition) is 5. The Balaban J connectivity index is 1.92. The fraction of sp³-hybridized carbons (Fsp3) is 0.562. The number of methoxy groups -OCH3 is 1. The van der Waals surface area contributed by atoms with Crippen molar-refractivity contribution in [1.82, 2.24) is 4.90 Å². The number of fused-ring (bicyclic) bond motifs is 1. The molecule has 0 N–H and O–H groups in total. The van der Waals surface area contributed by atoms with E-state index in [1.54, 1.807) is 19.2 Å². The number of nitrogens with zero attached hydrogens (tertiary/aromatic N) is 1. The first kappa shape index (κ1) is 15.0. The van der Waals surface area contributed by atoms with E-state index in [1.165, 1.54) is 0 Å². The Morgan fingerprint density at radius 2 is 2.05 bits per heavy atom. The van der Waals surface area contributed by atoms with Gasteiger partial charge in [-0.15, -0.1) is 0 Å². The molecule has 2 atom stereocenters. The van der Waals surface area contributed by atoms with E-state index < -0.39 is 0 Å². The maximum absolute atomic E-state index is 12.8. The van der Waals surface area contributed by atoms with Gasteiger partial charge in [0.05, 0.1) is 25.9 Å². The lowest BCUT2D eigenvalue weighted by Crippen LogP contribution is -2.50. The lowest BCUT2D eigenvalue weighted by atomic mass is 10.1. The predicted octanol–water partition coefficient (Wildman–Crippen LogP) is 1.72. The van der Waals surface area contributed by atoms with Crippen LogP contribution < -0.4 is 14.2 Å². The zero-order chi connectivity index (χ0) is 15.7.